The highest BCUT2D eigenvalue weighted by atomic mass is 16.3. The van der Waals surface area contributed by atoms with Gasteiger partial charge >= 0.3 is 0 Å². The lowest BCUT2D eigenvalue weighted by Crippen LogP contribution is -1.93. The fraction of sp³-hybridized carbons (Fsp3) is 0. The summed E-state index contributed by atoms with van der Waals surface area (Å²) in [6.07, 6.45) is 0. The summed E-state index contributed by atoms with van der Waals surface area (Å²) in [5.74, 6) is 0. The standard InChI is InChI=1S/C48H28N2O2/c1-2-10-31(11-3-1)49-40-15-7-4-12-33(40)37-26-29(18-22-41(37)49)30-19-23-42-39(27-30)47-43(24-21-36-34-13-5-9-17-45(34)52-48(36)47)50(42)32-20-25-46-38(28-32)35-14-6-8-16-44(35)51-46/h1-28H. The van der Waals surface area contributed by atoms with E-state index in [9.17, 15) is 0 Å². The van der Waals surface area contributed by atoms with Gasteiger partial charge in [0.25, 0.3) is 0 Å². The molecule has 0 radical (unpaired) electrons. The summed E-state index contributed by atoms with van der Waals surface area (Å²) in [5.41, 5.74) is 12.8. The molecule has 12 rings (SSSR count). The first kappa shape index (κ1) is 27.7. The number of para-hydroxylation sites is 4. The zero-order chi connectivity index (χ0) is 33.9. The van der Waals surface area contributed by atoms with Crippen LogP contribution in [0.15, 0.2) is 179 Å². The number of nitrogens with zero attached hydrogens (tertiary/aromatic N) is 2. The van der Waals surface area contributed by atoms with Gasteiger partial charge in [0.1, 0.15) is 22.3 Å². The molecule has 0 aliphatic rings. The Bertz CT molecular complexity index is 3410. The van der Waals surface area contributed by atoms with Crippen LogP contribution in [-0.2, 0) is 0 Å². The molecule has 0 atom stereocenters. The zero-order valence-corrected chi connectivity index (χ0v) is 27.9. The lowest BCUT2D eigenvalue weighted by Gasteiger charge is -2.09. The molecule has 0 spiro atoms. The molecule has 0 fully saturated rings. The smallest absolute Gasteiger partial charge is 0.145 e. The van der Waals surface area contributed by atoms with Crippen molar-refractivity contribution >= 4 is 87.5 Å². The molecule has 0 amide bonds. The summed E-state index contributed by atoms with van der Waals surface area (Å²) in [6.45, 7) is 0. The lowest BCUT2D eigenvalue weighted by atomic mass is 10.00. The van der Waals surface area contributed by atoms with Crippen molar-refractivity contribution in [3.8, 4) is 22.5 Å². The van der Waals surface area contributed by atoms with Crippen molar-refractivity contribution in [1.29, 1.82) is 0 Å². The van der Waals surface area contributed by atoms with E-state index >= 15 is 0 Å². The first-order valence-electron chi connectivity index (χ1n) is 17.7. The van der Waals surface area contributed by atoms with Crippen LogP contribution in [0.3, 0.4) is 0 Å². The Labute approximate surface area is 296 Å². The zero-order valence-electron chi connectivity index (χ0n) is 27.9. The average Bonchev–Trinajstić information content (AvgIpc) is 3.95. The number of furan rings is 2. The van der Waals surface area contributed by atoms with Gasteiger partial charge in [-0.05, 0) is 96.1 Å². The van der Waals surface area contributed by atoms with Crippen LogP contribution in [0.2, 0.25) is 0 Å². The molecule has 0 unspecified atom stereocenters. The van der Waals surface area contributed by atoms with Crippen molar-refractivity contribution < 1.29 is 8.83 Å². The van der Waals surface area contributed by atoms with Gasteiger partial charge in [0.15, 0.2) is 0 Å². The van der Waals surface area contributed by atoms with Crippen molar-refractivity contribution in [3.05, 3.63) is 170 Å². The average molecular weight is 665 g/mol. The molecular weight excluding hydrogens is 637 g/mol. The van der Waals surface area contributed by atoms with Gasteiger partial charge in [0.05, 0.1) is 27.5 Å². The molecule has 0 bridgehead atoms. The molecule has 0 N–H and O–H groups in total. The molecule has 4 heteroatoms. The van der Waals surface area contributed by atoms with E-state index in [0.717, 1.165) is 82.6 Å². The van der Waals surface area contributed by atoms with E-state index in [0.29, 0.717) is 0 Å². The van der Waals surface area contributed by atoms with Crippen LogP contribution in [0.1, 0.15) is 0 Å². The number of hydrogen-bond acceptors (Lipinski definition) is 2. The van der Waals surface area contributed by atoms with Crippen LogP contribution in [0, 0.1) is 0 Å². The Hall–Kier alpha value is -7.04. The Morgan fingerprint density at radius 3 is 1.69 bits per heavy atom. The Morgan fingerprint density at radius 1 is 0.308 bits per heavy atom. The summed E-state index contributed by atoms with van der Waals surface area (Å²) in [7, 11) is 0. The fourth-order valence-corrected chi connectivity index (χ4v) is 8.60. The van der Waals surface area contributed by atoms with Crippen LogP contribution < -0.4 is 0 Å². The molecule has 0 aliphatic heterocycles. The highest BCUT2D eigenvalue weighted by Gasteiger charge is 2.21. The van der Waals surface area contributed by atoms with E-state index in [2.05, 4.69) is 161 Å². The minimum Gasteiger partial charge on any atom is -0.456 e. The van der Waals surface area contributed by atoms with E-state index in [1.54, 1.807) is 0 Å². The van der Waals surface area contributed by atoms with Gasteiger partial charge in [0, 0.05) is 49.1 Å². The second-order valence-corrected chi connectivity index (χ2v) is 13.7. The van der Waals surface area contributed by atoms with E-state index in [-0.39, 0.29) is 0 Å². The minimum atomic E-state index is 0.886. The molecule has 0 aliphatic carbocycles. The number of fused-ring (bicyclic) bond motifs is 13. The third-order valence-electron chi connectivity index (χ3n) is 10.9. The SMILES string of the molecule is c1ccc(-n2c3ccccc3c3cc(-c4ccc5c(c4)c4c6oc7ccccc7c6ccc4n5-c4ccc5oc6ccccc6c5c4)ccc32)cc1. The molecule has 8 aromatic carbocycles. The lowest BCUT2D eigenvalue weighted by molar-refractivity contribution is 0.669. The summed E-state index contributed by atoms with van der Waals surface area (Å²) in [5, 5.41) is 9.22. The van der Waals surface area contributed by atoms with Gasteiger partial charge in [0.2, 0.25) is 0 Å². The van der Waals surface area contributed by atoms with Gasteiger partial charge in [-0.2, -0.15) is 0 Å². The fourth-order valence-electron chi connectivity index (χ4n) is 8.60. The monoisotopic (exact) mass is 664 g/mol. The Kier molecular flexibility index (Phi) is 5.47. The highest BCUT2D eigenvalue weighted by molar-refractivity contribution is 6.24. The first-order valence-corrected chi connectivity index (χ1v) is 17.7. The minimum absolute atomic E-state index is 0.886. The third-order valence-corrected chi connectivity index (χ3v) is 10.9. The molecule has 242 valence electrons. The maximum absolute atomic E-state index is 6.70. The van der Waals surface area contributed by atoms with Crippen molar-refractivity contribution in [1.82, 2.24) is 9.13 Å². The van der Waals surface area contributed by atoms with Crippen LogP contribution in [0.5, 0.6) is 0 Å². The maximum atomic E-state index is 6.70. The van der Waals surface area contributed by atoms with E-state index in [1.165, 1.54) is 27.4 Å². The molecule has 52 heavy (non-hydrogen) atoms. The predicted molar refractivity (Wildman–Crippen MR) is 215 cm³/mol. The topological polar surface area (TPSA) is 36.1 Å². The van der Waals surface area contributed by atoms with Gasteiger partial charge < -0.3 is 18.0 Å². The number of aromatic nitrogens is 2. The second kappa shape index (κ2) is 10.3. The van der Waals surface area contributed by atoms with Gasteiger partial charge in [-0.1, -0.05) is 84.9 Å². The second-order valence-electron chi connectivity index (χ2n) is 13.7. The molecule has 4 nitrogen and oxygen atoms in total. The molecule has 12 aromatic rings. The normalized spacial score (nSPS) is 12.2. The van der Waals surface area contributed by atoms with Gasteiger partial charge in [-0.15, -0.1) is 0 Å². The first-order chi connectivity index (χ1) is 25.8. The van der Waals surface area contributed by atoms with Crippen LogP contribution >= 0.6 is 0 Å². The highest BCUT2D eigenvalue weighted by Crippen LogP contribution is 2.43. The molecular formula is C48H28N2O2. The molecule has 0 saturated heterocycles. The van der Waals surface area contributed by atoms with Crippen LogP contribution in [0.25, 0.3) is 110 Å². The van der Waals surface area contributed by atoms with E-state index in [1.807, 2.05) is 18.2 Å². The van der Waals surface area contributed by atoms with Crippen LogP contribution in [-0.4, -0.2) is 9.13 Å². The van der Waals surface area contributed by atoms with Crippen LogP contribution in [0.4, 0.5) is 0 Å². The maximum Gasteiger partial charge on any atom is 0.145 e. The van der Waals surface area contributed by atoms with Crippen molar-refractivity contribution in [3.63, 3.8) is 0 Å². The summed E-state index contributed by atoms with van der Waals surface area (Å²) >= 11 is 0. The Balaban J connectivity index is 1.14. The van der Waals surface area contributed by atoms with Crippen molar-refractivity contribution in [2.24, 2.45) is 0 Å². The summed E-state index contributed by atoms with van der Waals surface area (Å²) in [6, 6.07) is 60.7. The number of benzene rings is 8. The van der Waals surface area contributed by atoms with Crippen molar-refractivity contribution in [2.45, 2.75) is 0 Å². The summed E-state index contributed by atoms with van der Waals surface area (Å²) in [4.78, 5) is 0. The molecule has 4 aromatic heterocycles. The number of rotatable bonds is 3. The van der Waals surface area contributed by atoms with Gasteiger partial charge in [-0.25, -0.2) is 0 Å². The van der Waals surface area contributed by atoms with Crippen molar-refractivity contribution in [2.75, 3.05) is 0 Å². The predicted octanol–water partition coefficient (Wildman–Crippen LogP) is 13.3. The van der Waals surface area contributed by atoms with E-state index < -0.39 is 0 Å². The number of hydrogen-bond donors (Lipinski definition) is 0. The molecule has 0 saturated carbocycles. The summed E-state index contributed by atoms with van der Waals surface area (Å²) < 4.78 is 17.7. The van der Waals surface area contributed by atoms with Gasteiger partial charge in [-0.3, -0.25) is 0 Å². The van der Waals surface area contributed by atoms with E-state index in [4.69, 9.17) is 8.83 Å². The largest absolute Gasteiger partial charge is 0.456 e. The quantitative estimate of drug-likeness (QED) is 0.188. The third kappa shape index (κ3) is 3.75. The Morgan fingerprint density at radius 2 is 0.885 bits per heavy atom. The molecule has 4 heterocycles.